The summed E-state index contributed by atoms with van der Waals surface area (Å²) in [5, 5.41) is 3.55. The van der Waals surface area contributed by atoms with Gasteiger partial charge in [-0.05, 0) is 0 Å². The number of nitrogens with zero attached hydrogens (tertiary/aromatic N) is 1. The Hall–Kier alpha value is -0.570. The predicted molar refractivity (Wildman–Crippen MR) is 42.2 cm³/mol. The van der Waals surface area contributed by atoms with Crippen molar-refractivity contribution in [3.63, 3.8) is 0 Å². The number of hydrazone groups is 1. The van der Waals surface area contributed by atoms with Crippen molar-refractivity contribution in [1.82, 2.24) is 5.43 Å². The van der Waals surface area contributed by atoms with Crippen LogP contribution in [0.1, 0.15) is 13.8 Å². The number of nitrogens with one attached hydrogen (secondary N) is 1. The van der Waals surface area contributed by atoms with Gasteiger partial charge in [-0.25, -0.2) is 5.43 Å². The minimum Gasteiger partial charge on any atom is -0.273 e. The minimum absolute atomic E-state index is 0.0347. The summed E-state index contributed by atoms with van der Waals surface area (Å²) in [5.74, 6) is 0.187. The van der Waals surface area contributed by atoms with Crippen molar-refractivity contribution in [2.75, 3.05) is 5.88 Å². The maximum Gasteiger partial charge on any atom is 0.242 e. The monoisotopic (exact) mass is 162 g/mol. The molecule has 0 saturated heterocycles. The molecule has 0 aromatic carbocycles. The fourth-order valence-corrected chi connectivity index (χ4v) is 0.342. The molecule has 4 heteroatoms. The molecule has 10 heavy (non-hydrogen) atoms. The Kier molecular flexibility index (Phi) is 4.94. The Bertz CT molecular complexity index is 134. The first-order valence-corrected chi connectivity index (χ1v) is 3.59. The average Bonchev–Trinajstić information content (AvgIpc) is 1.88. The van der Waals surface area contributed by atoms with Crippen LogP contribution in [0.3, 0.4) is 0 Å². The lowest BCUT2D eigenvalue weighted by Gasteiger charge is -1.99. The highest BCUT2D eigenvalue weighted by atomic mass is 35.5. The highest BCUT2D eigenvalue weighted by Gasteiger charge is 2.02. The third kappa shape index (κ3) is 4.32. The summed E-state index contributed by atoms with van der Waals surface area (Å²) in [6.45, 7) is 3.59. The number of hydrogen-bond donors (Lipinski definition) is 1. The Morgan fingerprint density at radius 2 is 2.40 bits per heavy atom. The molecule has 58 valence electrons. The number of amides is 1. The van der Waals surface area contributed by atoms with Crippen molar-refractivity contribution < 1.29 is 4.79 Å². The van der Waals surface area contributed by atoms with Crippen LogP contribution < -0.4 is 5.43 Å². The molecule has 1 amide bonds. The molecule has 0 heterocycles. The van der Waals surface area contributed by atoms with Crippen molar-refractivity contribution in [2.45, 2.75) is 13.8 Å². The number of alkyl halides is 1. The lowest BCUT2D eigenvalue weighted by atomic mass is 10.2. The number of rotatable bonds is 3. The van der Waals surface area contributed by atoms with Crippen LogP contribution in [0.4, 0.5) is 0 Å². The number of carbonyl (C=O) groups is 1. The van der Waals surface area contributed by atoms with E-state index in [1.165, 1.54) is 6.21 Å². The summed E-state index contributed by atoms with van der Waals surface area (Å²) in [6.07, 6.45) is 1.43. The summed E-state index contributed by atoms with van der Waals surface area (Å²) in [5.41, 5.74) is 2.33. The van der Waals surface area contributed by atoms with E-state index in [-0.39, 0.29) is 11.8 Å². The van der Waals surface area contributed by atoms with E-state index in [2.05, 4.69) is 10.5 Å². The lowest BCUT2D eigenvalue weighted by Crippen LogP contribution is -2.22. The molecule has 3 nitrogen and oxygen atoms in total. The van der Waals surface area contributed by atoms with Crippen molar-refractivity contribution in [3.05, 3.63) is 0 Å². The lowest BCUT2D eigenvalue weighted by molar-refractivity contribution is -0.123. The number of carbonyl (C=O) groups excluding carboxylic acids is 1. The first kappa shape index (κ1) is 9.43. The number of hydrogen-bond acceptors (Lipinski definition) is 2. The van der Waals surface area contributed by atoms with E-state index in [0.29, 0.717) is 5.88 Å². The van der Waals surface area contributed by atoms with Gasteiger partial charge in [-0.1, -0.05) is 13.8 Å². The van der Waals surface area contributed by atoms with Crippen LogP contribution >= 0.6 is 11.6 Å². The third-order valence-electron chi connectivity index (χ3n) is 0.859. The molecule has 0 aromatic rings. The smallest absolute Gasteiger partial charge is 0.242 e. The summed E-state index contributed by atoms with van der Waals surface area (Å²) >= 11 is 5.26. The van der Waals surface area contributed by atoms with Crippen LogP contribution in [0.5, 0.6) is 0 Å². The van der Waals surface area contributed by atoms with Crippen LogP contribution in [0.15, 0.2) is 5.10 Å². The normalized spacial score (nSPS) is 10.8. The fourth-order valence-electron chi connectivity index (χ4n) is 0.273. The van der Waals surface area contributed by atoms with E-state index >= 15 is 0 Å². The quantitative estimate of drug-likeness (QED) is 0.375. The van der Waals surface area contributed by atoms with Gasteiger partial charge in [0.1, 0.15) is 0 Å². The number of halogens is 1. The van der Waals surface area contributed by atoms with Crippen LogP contribution in [0, 0.1) is 5.92 Å². The third-order valence-corrected chi connectivity index (χ3v) is 0.997. The highest BCUT2D eigenvalue weighted by molar-refractivity contribution is 6.24. The van der Waals surface area contributed by atoms with Gasteiger partial charge >= 0.3 is 0 Å². The zero-order valence-electron chi connectivity index (χ0n) is 6.10. The molecular weight excluding hydrogens is 152 g/mol. The van der Waals surface area contributed by atoms with Gasteiger partial charge in [0.15, 0.2) is 0 Å². The second kappa shape index (κ2) is 5.23. The van der Waals surface area contributed by atoms with Gasteiger partial charge in [0.05, 0.1) is 5.88 Å². The van der Waals surface area contributed by atoms with Crippen molar-refractivity contribution in [2.24, 2.45) is 11.0 Å². The summed E-state index contributed by atoms with van der Waals surface area (Å²) in [4.78, 5) is 10.7. The molecule has 0 atom stereocenters. The summed E-state index contributed by atoms with van der Waals surface area (Å²) in [6, 6.07) is 0. The molecule has 0 saturated carbocycles. The molecule has 0 radical (unpaired) electrons. The molecule has 0 aliphatic heterocycles. The highest BCUT2D eigenvalue weighted by Crippen LogP contribution is 1.89. The first-order valence-electron chi connectivity index (χ1n) is 3.05. The second-order valence-corrected chi connectivity index (χ2v) is 2.41. The summed E-state index contributed by atoms with van der Waals surface area (Å²) < 4.78 is 0. The van der Waals surface area contributed by atoms with Crippen LogP contribution in [0.2, 0.25) is 0 Å². The topological polar surface area (TPSA) is 41.5 Å². The Morgan fingerprint density at radius 3 is 2.80 bits per heavy atom. The zero-order chi connectivity index (χ0) is 7.98. The molecule has 0 aliphatic carbocycles. The molecule has 0 aliphatic rings. The van der Waals surface area contributed by atoms with Gasteiger partial charge in [-0.2, -0.15) is 5.10 Å². The van der Waals surface area contributed by atoms with Crippen molar-refractivity contribution in [1.29, 1.82) is 0 Å². The predicted octanol–water partition coefficient (Wildman–Crippen LogP) is 0.983. The molecule has 1 N–H and O–H groups in total. The summed E-state index contributed by atoms with van der Waals surface area (Å²) in [7, 11) is 0. The molecular formula is C6H11ClN2O. The van der Waals surface area contributed by atoms with E-state index in [4.69, 9.17) is 11.6 Å². The molecule has 0 rings (SSSR count). The van der Waals surface area contributed by atoms with E-state index in [0.717, 1.165) is 0 Å². The van der Waals surface area contributed by atoms with Gasteiger partial charge in [0, 0.05) is 12.1 Å². The van der Waals surface area contributed by atoms with Crippen molar-refractivity contribution >= 4 is 23.7 Å². The first-order chi connectivity index (χ1) is 4.68. The van der Waals surface area contributed by atoms with Gasteiger partial charge in [0.25, 0.3) is 0 Å². The van der Waals surface area contributed by atoms with E-state index in [1.54, 1.807) is 13.8 Å². The van der Waals surface area contributed by atoms with Gasteiger partial charge in [-0.3, -0.25) is 4.79 Å². The molecule has 0 bridgehead atoms. The van der Waals surface area contributed by atoms with Gasteiger partial charge in [0.2, 0.25) is 5.91 Å². The Balaban J connectivity index is 3.49. The van der Waals surface area contributed by atoms with Crippen LogP contribution in [0.25, 0.3) is 0 Å². The Labute approximate surface area is 65.4 Å². The fraction of sp³-hybridized carbons (Fsp3) is 0.667. The van der Waals surface area contributed by atoms with Gasteiger partial charge < -0.3 is 0 Å². The maximum absolute atomic E-state index is 10.7. The molecule has 0 spiro atoms. The molecule has 0 aromatic heterocycles. The average molecular weight is 163 g/mol. The standard InChI is InChI=1S/C6H11ClN2O/c1-5(2)6(10)9-8-4-3-7/h4-5H,3H2,1-2H3,(H,9,10). The molecule has 0 unspecified atom stereocenters. The Morgan fingerprint density at radius 1 is 1.80 bits per heavy atom. The second-order valence-electron chi connectivity index (χ2n) is 2.10. The largest absolute Gasteiger partial charge is 0.273 e. The van der Waals surface area contributed by atoms with Crippen molar-refractivity contribution in [3.8, 4) is 0 Å². The van der Waals surface area contributed by atoms with E-state index < -0.39 is 0 Å². The SMILES string of the molecule is CC(C)C(=O)NN=CCCl. The molecule has 0 fully saturated rings. The zero-order valence-corrected chi connectivity index (χ0v) is 6.85. The van der Waals surface area contributed by atoms with E-state index in [9.17, 15) is 4.79 Å². The van der Waals surface area contributed by atoms with Crippen LogP contribution in [-0.4, -0.2) is 18.0 Å². The minimum atomic E-state index is -0.0960. The van der Waals surface area contributed by atoms with Crippen LogP contribution in [-0.2, 0) is 4.79 Å². The van der Waals surface area contributed by atoms with E-state index in [1.807, 2.05) is 0 Å². The van der Waals surface area contributed by atoms with Gasteiger partial charge in [-0.15, -0.1) is 11.6 Å². The maximum atomic E-state index is 10.7.